The number of methoxy groups -OCH3 is 1. The van der Waals surface area contributed by atoms with Crippen LogP contribution in [0.3, 0.4) is 0 Å². The number of para-hydroxylation sites is 1. The van der Waals surface area contributed by atoms with E-state index in [0.29, 0.717) is 13.0 Å². The molecule has 1 aliphatic carbocycles. The number of unbranched alkanes of at least 4 members (excludes halogenated alkanes) is 2. The normalized spacial score (nSPS) is 15.2. The van der Waals surface area contributed by atoms with Crippen molar-refractivity contribution in [2.24, 2.45) is 16.6 Å². The first-order valence-corrected chi connectivity index (χ1v) is 15.1. The van der Waals surface area contributed by atoms with Crippen molar-refractivity contribution >= 4 is 17.9 Å². The van der Waals surface area contributed by atoms with E-state index in [1.807, 2.05) is 31.3 Å². The number of hydrogen-bond donors (Lipinski definition) is 3. The highest BCUT2D eigenvalue weighted by Gasteiger charge is 2.15. The zero-order valence-corrected chi connectivity index (χ0v) is 25.2. The topological polar surface area (TPSA) is 100 Å². The number of nitrogens with two attached hydrogens (primary N) is 1. The molecule has 1 saturated carbocycles. The van der Waals surface area contributed by atoms with Crippen LogP contribution in [0.5, 0.6) is 0 Å². The highest BCUT2D eigenvalue weighted by molar-refractivity contribution is 5.77. The lowest BCUT2D eigenvalue weighted by atomic mass is 9.86. The van der Waals surface area contributed by atoms with Crippen LogP contribution in [0, 0.1) is 5.92 Å². The number of aliphatic imine (C=N–C) groups is 1. The van der Waals surface area contributed by atoms with E-state index in [-0.39, 0.29) is 0 Å². The molecule has 39 heavy (non-hydrogen) atoms. The molecule has 1 atom stereocenters. The molecule has 7 heteroatoms. The maximum Gasteiger partial charge on any atom is 0.314 e. The first kappa shape index (κ1) is 34.8. The van der Waals surface area contributed by atoms with E-state index in [9.17, 15) is 9.90 Å². The summed E-state index contributed by atoms with van der Waals surface area (Å²) in [4.78, 5) is 16.8. The van der Waals surface area contributed by atoms with Gasteiger partial charge >= 0.3 is 6.03 Å². The third-order valence-electron chi connectivity index (χ3n) is 7.34. The van der Waals surface area contributed by atoms with Gasteiger partial charge in [-0.1, -0.05) is 69.7 Å². The van der Waals surface area contributed by atoms with Crippen LogP contribution in [0.15, 0.2) is 35.3 Å². The highest BCUT2D eigenvalue weighted by Crippen LogP contribution is 2.33. The molecule has 1 aromatic rings. The van der Waals surface area contributed by atoms with Gasteiger partial charge in [-0.3, -0.25) is 4.99 Å². The summed E-state index contributed by atoms with van der Waals surface area (Å²) < 4.78 is 4.78. The smallest absolute Gasteiger partial charge is 0.314 e. The molecule has 1 heterocycles. The van der Waals surface area contributed by atoms with Crippen LogP contribution in [-0.2, 0) is 11.2 Å². The molecule has 0 aromatic heterocycles. The van der Waals surface area contributed by atoms with Crippen molar-refractivity contribution in [2.75, 3.05) is 40.9 Å². The van der Waals surface area contributed by atoms with E-state index in [2.05, 4.69) is 23.3 Å². The number of fused-ring (bicyclic) bond motifs is 1. The lowest BCUT2D eigenvalue weighted by molar-refractivity contribution is 0.162. The minimum atomic E-state index is -0.538. The van der Waals surface area contributed by atoms with Crippen LogP contribution in [0.2, 0.25) is 0 Å². The number of carbonyl (C=O) groups excluding carboxylic acids is 1. The van der Waals surface area contributed by atoms with Gasteiger partial charge < -0.3 is 25.8 Å². The van der Waals surface area contributed by atoms with E-state index < -0.39 is 12.1 Å². The maximum atomic E-state index is 10.9. The minimum Gasteiger partial charge on any atom is -0.388 e. The lowest BCUT2D eigenvalue weighted by Crippen LogP contribution is -2.32. The Balaban J connectivity index is 0.000000370. The van der Waals surface area contributed by atoms with Gasteiger partial charge in [-0.05, 0) is 76.1 Å². The van der Waals surface area contributed by atoms with E-state index in [0.717, 1.165) is 48.6 Å². The van der Waals surface area contributed by atoms with Crippen LogP contribution < -0.4 is 11.1 Å². The lowest BCUT2D eigenvalue weighted by Gasteiger charge is -2.21. The standard InChI is InChI=1S/C17H23N3O2.C10H21N.C5H12O/c1-20(17(18)22)12-5-3-10-15(21)14-9-6-8-13-7-2-4-11-19-16(13)14;1-11-9-5-8-10-6-3-2-4-7-10;1-3-4-5-6-2/h2,4,6,8-9,11,15,21H,3,5,7,10,12H2,1H3,(H2,18,22);10-11H,2-9H2,1H3;3-5H2,1-2H3. The first-order chi connectivity index (χ1) is 18.9. The molecule has 2 amide bonds. The fraction of sp³-hybridized carbons (Fsp3) is 0.688. The molecule has 2 aliphatic rings. The molecule has 3 rings (SSSR count). The zero-order valence-electron chi connectivity index (χ0n) is 25.2. The number of aliphatic hydroxyl groups is 1. The van der Waals surface area contributed by atoms with Gasteiger partial charge in [-0.15, -0.1) is 0 Å². The number of carbonyl (C=O) groups is 1. The van der Waals surface area contributed by atoms with Gasteiger partial charge in [0.05, 0.1) is 11.8 Å². The second-order valence-electron chi connectivity index (χ2n) is 10.6. The van der Waals surface area contributed by atoms with Crippen molar-refractivity contribution < 1.29 is 14.6 Å². The van der Waals surface area contributed by atoms with Crippen molar-refractivity contribution in [3.8, 4) is 0 Å². The largest absolute Gasteiger partial charge is 0.388 e. The number of nitrogens with zero attached hydrogens (tertiary/aromatic N) is 2. The molecule has 222 valence electrons. The number of ether oxygens (including phenoxy) is 1. The van der Waals surface area contributed by atoms with Gasteiger partial charge in [-0.2, -0.15) is 0 Å². The third-order valence-corrected chi connectivity index (χ3v) is 7.34. The highest BCUT2D eigenvalue weighted by atomic mass is 16.5. The Morgan fingerprint density at radius 2 is 1.97 bits per heavy atom. The number of urea groups is 1. The average Bonchev–Trinajstić information content (AvgIpc) is 3.21. The number of aliphatic hydroxyl groups excluding tert-OH is 1. The minimum absolute atomic E-state index is 0.421. The number of amides is 2. The van der Waals surface area contributed by atoms with Crippen molar-refractivity contribution in [1.82, 2.24) is 10.2 Å². The average molecular weight is 545 g/mol. The second-order valence-corrected chi connectivity index (χ2v) is 10.6. The zero-order chi connectivity index (χ0) is 28.7. The van der Waals surface area contributed by atoms with Crippen LogP contribution in [0.1, 0.15) is 101 Å². The Labute approximate surface area is 238 Å². The predicted octanol–water partition coefficient (Wildman–Crippen LogP) is 6.71. The Morgan fingerprint density at radius 1 is 1.21 bits per heavy atom. The Kier molecular flexibility index (Phi) is 20.2. The summed E-state index contributed by atoms with van der Waals surface area (Å²) in [5, 5.41) is 13.7. The fourth-order valence-corrected chi connectivity index (χ4v) is 4.86. The molecule has 1 aromatic carbocycles. The van der Waals surface area contributed by atoms with Crippen LogP contribution >= 0.6 is 0 Å². The second kappa shape index (κ2) is 22.6. The van der Waals surface area contributed by atoms with Crippen molar-refractivity contribution in [2.45, 2.75) is 96.5 Å². The number of hydrogen-bond acceptors (Lipinski definition) is 5. The number of allylic oxidation sites excluding steroid dienone is 2. The molecule has 1 fully saturated rings. The molecular formula is C32H56N4O3. The molecular weight excluding hydrogens is 488 g/mol. The maximum absolute atomic E-state index is 10.9. The molecule has 0 spiro atoms. The van der Waals surface area contributed by atoms with Gasteiger partial charge in [0.25, 0.3) is 0 Å². The van der Waals surface area contributed by atoms with E-state index in [1.165, 1.54) is 69.2 Å². The van der Waals surface area contributed by atoms with Gasteiger partial charge in [0.1, 0.15) is 0 Å². The summed E-state index contributed by atoms with van der Waals surface area (Å²) in [7, 11) is 5.45. The fourth-order valence-electron chi connectivity index (χ4n) is 4.86. The van der Waals surface area contributed by atoms with Gasteiger partial charge in [0, 0.05) is 39.1 Å². The van der Waals surface area contributed by atoms with Crippen LogP contribution in [0.4, 0.5) is 10.5 Å². The number of rotatable bonds is 13. The molecule has 1 aliphatic heterocycles. The van der Waals surface area contributed by atoms with Crippen molar-refractivity contribution in [3.05, 3.63) is 41.5 Å². The summed E-state index contributed by atoms with van der Waals surface area (Å²) in [6, 6.07) is 5.52. The molecule has 4 N–H and O–H groups in total. The molecule has 0 radical (unpaired) electrons. The van der Waals surface area contributed by atoms with Crippen molar-refractivity contribution in [1.29, 1.82) is 0 Å². The van der Waals surface area contributed by atoms with Gasteiger partial charge in [0.15, 0.2) is 0 Å². The molecule has 0 bridgehead atoms. The number of nitrogens with one attached hydrogen (secondary N) is 1. The van der Waals surface area contributed by atoms with E-state index in [1.54, 1.807) is 20.4 Å². The number of benzene rings is 1. The summed E-state index contributed by atoms with van der Waals surface area (Å²) >= 11 is 0. The molecule has 7 nitrogen and oxygen atoms in total. The number of primary amides is 1. The molecule has 1 unspecified atom stereocenters. The predicted molar refractivity (Wildman–Crippen MR) is 165 cm³/mol. The molecule has 0 saturated heterocycles. The summed E-state index contributed by atoms with van der Waals surface area (Å²) in [5.41, 5.74) is 8.07. The van der Waals surface area contributed by atoms with Gasteiger partial charge in [-0.25, -0.2) is 4.79 Å². The van der Waals surface area contributed by atoms with E-state index >= 15 is 0 Å². The third kappa shape index (κ3) is 15.8. The van der Waals surface area contributed by atoms with Gasteiger partial charge in [0.2, 0.25) is 0 Å². The van der Waals surface area contributed by atoms with E-state index in [4.69, 9.17) is 10.5 Å². The Morgan fingerprint density at radius 3 is 2.62 bits per heavy atom. The van der Waals surface area contributed by atoms with Crippen LogP contribution in [-0.4, -0.2) is 63.2 Å². The SMILES string of the molecule is CCCCOC.CN(CCCCC(O)c1cccc2c1N=CC=CC2)C(N)=O.CNCCCC1CCCCC1. The summed E-state index contributed by atoms with van der Waals surface area (Å²) in [6.45, 7) is 4.88. The monoisotopic (exact) mass is 544 g/mol. The van der Waals surface area contributed by atoms with Crippen molar-refractivity contribution in [3.63, 3.8) is 0 Å². The Bertz CT molecular complexity index is 818. The first-order valence-electron chi connectivity index (χ1n) is 15.1. The summed E-state index contributed by atoms with van der Waals surface area (Å²) in [6.07, 6.45) is 21.1. The quantitative estimate of drug-likeness (QED) is 0.240. The summed E-state index contributed by atoms with van der Waals surface area (Å²) in [5.74, 6) is 1.07. The Hall–Kier alpha value is -2.22. The van der Waals surface area contributed by atoms with Crippen LogP contribution in [0.25, 0.3) is 0 Å².